The number of imide groups is 1. The van der Waals surface area contributed by atoms with Gasteiger partial charge in [0.25, 0.3) is 5.91 Å². The average Bonchev–Trinajstić information content (AvgIpc) is 3.00. The van der Waals surface area contributed by atoms with Crippen LogP contribution >= 0.6 is 0 Å². The number of urea groups is 1. The maximum absolute atomic E-state index is 13.0. The first-order chi connectivity index (χ1) is 14.8. The number of carbonyl (C=O) groups excluding carboxylic acids is 2. The van der Waals surface area contributed by atoms with Gasteiger partial charge in [-0.2, -0.15) is 4.31 Å². The summed E-state index contributed by atoms with van der Waals surface area (Å²) < 4.78 is 26.7. The summed E-state index contributed by atoms with van der Waals surface area (Å²) in [4.78, 5) is 30.9. The number of hydrogen-bond acceptors (Lipinski definition) is 6. The van der Waals surface area contributed by atoms with Crippen LogP contribution in [0.4, 0.5) is 4.79 Å². The van der Waals surface area contributed by atoms with Gasteiger partial charge in [-0.05, 0) is 31.5 Å². The highest BCUT2D eigenvalue weighted by atomic mass is 32.2. The summed E-state index contributed by atoms with van der Waals surface area (Å²) in [5, 5.41) is 4.15. The predicted molar refractivity (Wildman–Crippen MR) is 117 cm³/mol. The van der Waals surface area contributed by atoms with Crippen LogP contribution in [0.15, 0.2) is 35.7 Å². The van der Waals surface area contributed by atoms with Gasteiger partial charge in [-0.25, -0.2) is 18.1 Å². The van der Waals surface area contributed by atoms with Crippen LogP contribution in [0.3, 0.4) is 0 Å². The Balaban J connectivity index is 1.32. The number of hydrogen-bond donors (Lipinski definition) is 1. The third-order valence-electron chi connectivity index (χ3n) is 6.35. The molecule has 1 spiro atoms. The lowest BCUT2D eigenvalue weighted by Gasteiger charge is -2.36. The first kappa shape index (κ1) is 21.9. The van der Waals surface area contributed by atoms with Crippen LogP contribution in [0, 0.1) is 0 Å². The van der Waals surface area contributed by atoms with E-state index >= 15 is 0 Å². The molecule has 4 rings (SSSR count). The minimum absolute atomic E-state index is 0.161. The van der Waals surface area contributed by atoms with Gasteiger partial charge in [0.15, 0.2) is 0 Å². The fourth-order valence-corrected chi connectivity index (χ4v) is 5.46. The summed E-state index contributed by atoms with van der Waals surface area (Å²) in [5.74, 6) is -0.161. The summed E-state index contributed by atoms with van der Waals surface area (Å²) in [7, 11) is -1.51. The van der Waals surface area contributed by atoms with Crippen molar-refractivity contribution in [3.63, 3.8) is 0 Å². The lowest BCUT2D eigenvalue weighted by atomic mass is 9.88. The topological polar surface area (TPSA) is 93.3 Å². The van der Waals surface area contributed by atoms with Crippen LogP contribution in [0.5, 0.6) is 0 Å². The van der Waals surface area contributed by atoms with E-state index in [1.54, 1.807) is 6.08 Å². The predicted octanol–water partition coefficient (Wildman–Crippen LogP) is 0.578. The zero-order chi connectivity index (χ0) is 22.1. The Hall–Kier alpha value is -2.27. The zero-order valence-corrected chi connectivity index (χ0v) is 18.6. The zero-order valence-electron chi connectivity index (χ0n) is 17.7. The molecule has 3 aliphatic rings. The van der Waals surface area contributed by atoms with E-state index in [1.165, 1.54) is 14.6 Å². The summed E-state index contributed by atoms with van der Waals surface area (Å²) in [6.45, 7) is 3.30. The Morgan fingerprint density at radius 2 is 1.65 bits per heavy atom. The van der Waals surface area contributed by atoms with Crippen molar-refractivity contribution in [1.82, 2.24) is 24.3 Å². The second kappa shape index (κ2) is 8.70. The van der Waals surface area contributed by atoms with Gasteiger partial charge < -0.3 is 10.2 Å². The van der Waals surface area contributed by atoms with E-state index in [9.17, 15) is 18.0 Å². The number of benzene rings is 1. The Bertz CT molecular complexity index is 949. The summed E-state index contributed by atoms with van der Waals surface area (Å²) in [5.41, 5.74) is 0.0443. The molecule has 3 heterocycles. The largest absolute Gasteiger partial charge is 0.326 e. The van der Waals surface area contributed by atoms with Crippen molar-refractivity contribution in [3.8, 4) is 0 Å². The quantitative estimate of drug-likeness (QED) is 0.664. The second-order valence-electron chi connectivity index (χ2n) is 8.47. The van der Waals surface area contributed by atoms with Crippen molar-refractivity contribution < 1.29 is 18.0 Å². The summed E-state index contributed by atoms with van der Waals surface area (Å²) in [6, 6.07) is 8.94. The normalized spacial score (nSPS) is 23.7. The molecule has 9 nitrogen and oxygen atoms in total. The maximum Gasteiger partial charge on any atom is 0.326 e. The molecule has 3 saturated heterocycles. The molecule has 1 aromatic rings. The number of piperidine rings is 1. The first-order valence-electron chi connectivity index (χ1n) is 10.6. The molecule has 0 saturated carbocycles. The van der Waals surface area contributed by atoms with Crippen molar-refractivity contribution in [2.24, 2.45) is 0 Å². The molecule has 0 aromatic heterocycles. The number of carbonyl (C=O) groups is 2. The smallest absolute Gasteiger partial charge is 0.323 e. The number of nitrogens with one attached hydrogen (secondary N) is 1. The summed E-state index contributed by atoms with van der Waals surface area (Å²) in [6.07, 6.45) is 2.82. The first-order valence-corrected chi connectivity index (χ1v) is 12.1. The minimum atomic E-state index is -3.52. The highest BCUT2D eigenvalue weighted by molar-refractivity contribution is 7.92. The maximum atomic E-state index is 13.0. The van der Waals surface area contributed by atoms with E-state index < -0.39 is 15.6 Å². The van der Waals surface area contributed by atoms with Gasteiger partial charge in [-0.1, -0.05) is 30.3 Å². The van der Waals surface area contributed by atoms with Crippen molar-refractivity contribution in [2.45, 2.75) is 18.4 Å². The third-order valence-corrected chi connectivity index (χ3v) is 7.92. The van der Waals surface area contributed by atoms with Crippen molar-refractivity contribution in [1.29, 1.82) is 0 Å². The van der Waals surface area contributed by atoms with E-state index in [0.717, 1.165) is 18.7 Å². The third kappa shape index (κ3) is 4.67. The number of amides is 3. The lowest BCUT2D eigenvalue weighted by Crippen LogP contribution is -2.55. The number of piperazine rings is 1. The van der Waals surface area contributed by atoms with Gasteiger partial charge in [0.2, 0.25) is 10.0 Å². The van der Waals surface area contributed by atoms with Crippen LogP contribution in [0.1, 0.15) is 18.4 Å². The molecule has 10 heteroatoms. The molecule has 31 heavy (non-hydrogen) atoms. The molecule has 3 aliphatic heterocycles. The molecule has 1 aromatic carbocycles. The van der Waals surface area contributed by atoms with Crippen LogP contribution in [0.2, 0.25) is 0 Å². The highest BCUT2D eigenvalue weighted by Crippen LogP contribution is 2.29. The van der Waals surface area contributed by atoms with Gasteiger partial charge in [-0.3, -0.25) is 9.69 Å². The second-order valence-corrected chi connectivity index (χ2v) is 10.3. The number of sulfonamides is 1. The SMILES string of the molecule is CN1CCC2(CC1)NC(=O)N(CN1CCN(S(=O)(=O)C=Cc3ccccc3)CC1)C2=O. The number of rotatable bonds is 5. The molecule has 0 radical (unpaired) electrons. The monoisotopic (exact) mass is 447 g/mol. The lowest BCUT2D eigenvalue weighted by molar-refractivity contribution is -0.134. The molecule has 0 aliphatic carbocycles. The molecule has 0 atom stereocenters. The average molecular weight is 448 g/mol. The molecule has 168 valence electrons. The Morgan fingerprint density at radius 3 is 2.29 bits per heavy atom. The summed E-state index contributed by atoms with van der Waals surface area (Å²) >= 11 is 0. The van der Waals surface area contributed by atoms with Crippen LogP contribution < -0.4 is 5.32 Å². The molecule has 1 N–H and O–H groups in total. The number of nitrogens with zero attached hydrogens (tertiary/aromatic N) is 4. The van der Waals surface area contributed by atoms with Crippen LogP contribution in [-0.4, -0.2) is 97.9 Å². The molecule has 3 amide bonds. The Morgan fingerprint density at radius 1 is 1.00 bits per heavy atom. The van der Waals surface area contributed by atoms with E-state index in [-0.39, 0.29) is 18.6 Å². The highest BCUT2D eigenvalue weighted by Gasteiger charge is 2.52. The molecule has 0 bridgehead atoms. The van der Waals surface area contributed by atoms with Crippen molar-refractivity contribution >= 4 is 28.0 Å². The number of likely N-dealkylation sites (tertiary alicyclic amines) is 1. The minimum Gasteiger partial charge on any atom is -0.323 e. The molecular weight excluding hydrogens is 418 g/mol. The van der Waals surface area contributed by atoms with Gasteiger partial charge in [0, 0.05) is 44.7 Å². The van der Waals surface area contributed by atoms with E-state index in [4.69, 9.17) is 0 Å². The van der Waals surface area contributed by atoms with E-state index in [2.05, 4.69) is 10.2 Å². The fourth-order valence-electron chi connectivity index (χ4n) is 4.28. The van der Waals surface area contributed by atoms with Gasteiger partial charge in [0.1, 0.15) is 5.54 Å². The fraction of sp³-hybridized carbons (Fsp3) is 0.524. The molecule has 3 fully saturated rings. The van der Waals surface area contributed by atoms with Crippen LogP contribution in [-0.2, 0) is 14.8 Å². The van der Waals surface area contributed by atoms with E-state index in [0.29, 0.717) is 39.0 Å². The van der Waals surface area contributed by atoms with Gasteiger partial charge in [0.05, 0.1) is 6.67 Å². The van der Waals surface area contributed by atoms with Gasteiger partial charge >= 0.3 is 6.03 Å². The standard InChI is InChI=1S/C21H29N5O4S/c1-23-10-8-21(9-11-23)19(27)26(20(28)22-21)17-24-12-14-25(15-13-24)31(29,30)16-7-18-5-3-2-4-6-18/h2-7,16H,8-15,17H2,1H3,(H,22,28). The Kier molecular flexibility index (Phi) is 6.16. The van der Waals surface area contributed by atoms with Crippen LogP contribution in [0.25, 0.3) is 6.08 Å². The Labute approximate surface area is 183 Å². The van der Waals surface area contributed by atoms with Crippen molar-refractivity contribution in [2.75, 3.05) is 53.0 Å². The van der Waals surface area contributed by atoms with Crippen molar-refractivity contribution in [3.05, 3.63) is 41.3 Å². The molecular formula is C21H29N5O4S. The molecule has 0 unspecified atom stereocenters. The van der Waals surface area contributed by atoms with E-state index in [1.807, 2.05) is 42.3 Å². The van der Waals surface area contributed by atoms with Gasteiger partial charge in [-0.15, -0.1) is 0 Å².